The number of nitrogens with one attached hydrogen (secondary N) is 1. The van der Waals surface area contributed by atoms with Gasteiger partial charge in [-0.2, -0.15) is 0 Å². The van der Waals surface area contributed by atoms with Gasteiger partial charge in [-0.1, -0.05) is 35.3 Å². The second-order valence-electron chi connectivity index (χ2n) is 4.09. The van der Waals surface area contributed by atoms with Crippen LogP contribution in [0.25, 0.3) is 10.6 Å². The number of rotatable bonds is 5. The molecule has 110 valence electrons. The van der Waals surface area contributed by atoms with Crippen LogP contribution in [0.15, 0.2) is 23.6 Å². The van der Waals surface area contributed by atoms with Crippen LogP contribution in [0.1, 0.15) is 5.69 Å². The smallest absolute Gasteiger partial charge is 0.322 e. The minimum Gasteiger partial charge on any atom is -0.480 e. The van der Waals surface area contributed by atoms with Gasteiger partial charge < -0.3 is 10.4 Å². The van der Waals surface area contributed by atoms with Crippen molar-refractivity contribution in [2.45, 2.75) is 6.42 Å². The van der Waals surface area contributed by atoms with Gasteiger partial charge in [0.15, 0.2) is 0 Å². The molecular formula is C13H10Cl2N2O3S. The molecule has 2 rings (SSSR count). The molecule has 0 bridgehead atoms. The van der Waals surface area contributed by atoms with Gasteiger partial charge >= 0.3 is 5.97 Å². The van der Waals surface area contributed by atoms with E-state index in [9.17, 15) is 9.59 Å². The highest BCUT2D eigenvalue weighted by atomic mass is 35.5. The Bertz CT molecular complexity index is 688. The molecule has 8 heteroatoms. The highest BCUT2D eigenvalue weighted by Gasteiger charge is 2.13. The molecule has 2 N–H and O–H groups in total. The van der Waals surface area contributed by atoms with Crippen LogP contribution in [-0.4, -0.2) is 28.5 Å². The Morgan fingerprint density at radius 3 is 2.81 bits per heavy atom. The molecule has 1 aromatic heterocycles. The number of aliphatic carboxylic acids is 1. The zero-order valence-corrected chi connectivity index (χ0v) is 12.9. The van der Waals surface area contributed by atoms with Crippen molar-refractivity contribution in [3.63, 3.8) is 0 Å². The van der Waals surface area contributed by atoms with Crippen molar-refractivity contribution in [3.05, 3.63) is 39.3 Å². The van der Waals surface area contributed by atoms with E-state index in [0.717, 1.165) is 0 Å². The molecule has 0 spiro atoms. The molecule has 0 radical (unpaired) electrons. The average Bonchev–Trinajstić information content (AvgIpc) is 2.88. The van der Waals surface area contributed by atoms with Crippen LogP contribution in [0.3, 0.4) is 0 Å². The summed E-state index contributed by atoms with van der Waals surface area (Å²) < 4.78 is 0. The van der Waals surface area contributed by atoms with Crippen LogP contribution in [-0.2, 0) is 16.0 Å². The number of thiazole rings is 1. The average molecular weight is 345 g/mol. The first-order valence-electron chi connectivity index (χ1n) is 5.84. The van der Waals surface area contributed by atoms with Gasteiger partial charge in [0.2, 0.25) is 5.91 Å². The second-order valence-corrected chi connectivity index (χ2v) is 5.74. The summed E-state index contributed by atoms with van der Waals surface area (Å²) in [6, 6.07) is 5.24. The minimum atomic E-state index is -1.09. The zero-order chi connectivity index (χ0) is 15.4. The van der Waals surface area contributed by atoms with Gasteiger partial charge in [0.1, 0.15) is 11.6 Å². The largest absolute Gasteiger partial charge is 0.480 e. The third-order valence-corrected chi connectivity index (χ3v) is 4.26. The number of benzene rings is 1. The van der Waals surface area contributed by atoms with Crippen LogP contribution in [0.2, 0.25) is 10.0 Å². The van der Waals surface area contributed by atoms with Gasteiger partial charge in [-0.25, -0.2) is 4.98 Å². The molecule has 0 unspecified atom stereocenters. The van der Waals surface area contributed by atoms with Crippen LogP contribution < -0.4 is 5.32 Å². The molecule has 1 aromatic carbocycles. The van der Waals surface area contributed by atoms with E-state index in [1.54, 1.807) is 23.6 Å². The van der Waals surface area contributed by atoms with Crippen molar-refractivity contribution in [1.29, 1.82) is 0 Å². The Hall–Kier alpha value is -1.63. The van der Waals surface area contributed by atoms with Crippen molar-refractivity contribution in [3.8, 4) is 10.6 Å². The predicted molar refractivity (Wildman–Crippen MR) is 81.9 cm³/mol. The molecule has 0 atom stereocenters. The van der Waals surface area contributed by atoms with Crippen molar-refractivity contribution < 1.29 is 14.7 Å². The zero-order valence-electron chi connectivity index (χ0n) is 10.6. The van der Waals surface area contributed by atoms with Crippen molar-refractivity contribution in [2.24, 2.45) is 0 Å². The summed E-state index contributed by atoms with van der Waals surface area (Å²) in [6.45, 7) is -0.407. The van der Waals surface area contributed by atoms with Gasteiger partial charge in [-0.05, 0) is 6.07 Å². The molecule has 2 aromatic rings. The normalized spacial score (nSPS) is 10.4. The number of hydrogen-bond donors (Lipinski definition) is 2. The lowest BCUT2D eigenvalue weighted by Crippen LogP contribution is -2.30. The summed E-state index contributed by atoms with van der Waals surface area (Å²) >= 11 is 13.4. The fourth-order valence-electron chi connectivity index (χ4n) is 1.58. The van der Waals surface area contributed by atoms with Gasteiger partial charge in [0.05, 0.1) is 22.2 Å². The number of carbonyl (C=O) groups is 2. The van der Waals surface area contributed by atoms with Crippen LogP contribution in [0, 0.1) is 0 Å². The molecule has 1 heterocycles. The molecular weight excluding hydrogens is 335 g/mol. The first-order valence-corrected chi connectivity index (χ1v) is 7.48. The maximum Gasteiger partial charge on any atom is 0.322 e. The molecule has 0 aliphatic rings. The van der Waals surface area contributed by atoms with Gasteiger partial charge in [-0.3, -0.25) is 9.59 Å². The fraction of sp³-hybridized carbons (Fsp3) is 0.154. The molecule has 5 nitrogen and oxygen atoms in total. The van der Waals surface area contributed by atoms with Gasteiger partial charge in [0, 0.05) is 10.9 Å². The first kappa shape index (κ1) is 15.8. The van der Waals surface area contributed by atoms with E-state index in [-0.39, 0.29) is 6.42 Å². The molecule has 0 aliphatic carbocycles. The topological polar surface area (TPSA) is 79.3 Å². The number of nitrogens with zero attached hydrogens (tertiary/aromatic N) is 1. The summed E-state index contributed by atoms with van der Waals surface area (Å²) in [6.07, 6.45) is 0.0158. The number of carbonyl (C=O) groups excluding carboxylic acids is 1. The van der Waals surface area contributed by atoms with E-state index in [4.69, 9.17) is 28.3 Å². The molecule has 21 heavy (non-hydrogen) atoms. The highest BCUT2D eigenvalue weighted by molar-refractivity contribution is 7.13. The van der Waals surface area contributed by atoms with E-state index >= 15 is 0 Å². The number of amides is 1. The highest BCUT2D eigenvalue weighted by Crippen LogP contribution is 2.34. The molecule has 0 aliphatic heterocycles. The Labute approximate surface area is 134 Å². The molecule has 0 saturated carbocycles. The Balaban J connectivity index is 2.09. The van der Waals surface area contributed by atoms with Crippen molar-refractivity contribution in [1.82, 2.24) is 10.3 Å². The lowest BCUT2D eigenvalue weighted by atomic mass is 10.2. The Morgan fingerprint density at radius 1 is 1.33 bits per heavy atom. The quantitative estimate of drug-likeness (QED) is 0.873. The third-order valence-electron chi connectivity index (χ3n) is 2.51. The van der Waals surface area contributed by atoms with E-state index in [2.05, 4.69) is 10.3 Å². The van der Waals surface area contributed by atoms with E-state index in [1.807, 2.05) is 0 Å². The van der Waals surface area contributed by atoms with Crippen LogP contribution in [0.5, 0.6) is 0 Å². The van der Waals surface area contributed by atoms with Crippen molar-refractivity contribution in [2.75, 3.05) is 6.54 Å². The molecule has 0 fully saturated rings. The maximum atomic E-state index is 11.5. The number of carboxylic acid groups (broad SMARTS) is 1. The van der Waals surface area contributed by atoms with E-state index < -0.39 is 18.4 Å². The SMILES string of the molecule is O=C(O)CNC(=O)Cc1csc(-c2cccc(Cl)c2Cl)n1. The first-order chi connectivity index (χ1) is 9.97. The maximum absolute atomic E-state index is 11.5. The Morgan fingerprint density at radius 2 is 2.10 bits per heavy atom. The number of halogens is 2. The summed E-state index contributed by atoms with van der Waals surface area (Å²) in [5.74, 6) is -1.49. The Kier molecular flexibility index (Phi) is 5.17. The number of aromatic nitrogens is 1. The van der Waals surface area contributed by atoms with E-state index in [1.165, 1.54) is 11.3 Å². The summed E-state index contributed by atoms with van der Waals surface area (Å²) in [7, 11) is 0. The molecule has 1 amide bonds. The standard InChI is InChI=1S/C13H10Cl2N2O3S/c14-9-3-1-2-8(12(9)15)13-17-7(6-21-13)4-10(18)16-5-11(19)20/h1-3,6H,4-5H2,(H,16,18)(H,19,20). The summed E-state index contributed by atoms with van der Waals surface area (Å²) in [5.41, 5.74) is 1.25. The summed E-state index contributed by atoms with van der Waals surface area (Å²) in [5, 5.41) is 14.0. The molecule has 0 saturated heterocycles. The second kappa shape index (κ2) is 6.89. The van der Waals surface area contributed by atoms with Gasteiger partial charge in [-0.15, -0.1) is 11.3 Å². The fourth-order valence-corrected chi connectivity index (χ4v) is 2.88. The van der Waals surface area contributed by atoms with Gasteiger partial charge in [0.25, 0.3) is 0 Å². The van der Waals surface area contributed by atoms with Crippen molar-refractivity contribution >= 4 is 46.4 Å². The van der Waals surface area contributed by atoms with Crippen LogP contribution in [0.4, 0.5) is 0 Å². The lowest BCUT2D eigenvalue weighted by molar-refractivity contribution is -0.137. The predicted octanol–water partition coefficient (Wildman–Crippen LogP) is 2.86. The van der Waals surface area contributed by atoms with E-state index in [0.29, 0.717) is 26.3 Å². The monoisotopic (exact) mass is 344 g/mol. The number of hydrogen-bond acceptors (Lipinski definition) is 4. The number of carboxylic acids is 1. The van der Waals surface area contributed by atoms with Crippen LogP contribution >= 0.6 is 34.5 Å². The third kappa shape index (κ3) is 4.17. The summed E-state index contributed by atoms with van der Waals surface area (Å²) in [4.78, 5) is 26.2. The minimum absolute atomic E-state index is 0.0158. The lowest BCUT2D eigenvalue weighted by Gasteiger charge is -2.02.